The molecule has 128 valence electrons. The van der Waals surface area contributed by atoms with E-state index in [0.717, 1.165) is 57.5 Å². The van der Waals surface area contributed by atoms with Gasteiger partial charge in [0.25, 0.3) is 0 Å². The van der Waals surface area contributed by atoms with Gasteiger partial charge in [-0.2, -0.15) is 0 Å². The van der Waals surface area contributed by atoms with Crippen LogP contribution in [-0.4, -0.2) is 74.9 Å². The van der Waals surface area contributed by atoms with Crippen LogP contribution >= 0.6 is 0 Å². The van der Waals surface area contributed by atoms with Gasteiger partial charge in [0.15, 0.2) is 5.82 Å². The van der Waals surface area contributed by atoms with Crippen molar-refractivity contribution in [2.75, 3.05) is 32.8 Å². The number of hydrogen-bond acceptors (Lipinski definition) is 6. The van der Waals surface area contributed by atoms with Crippen molar-refractivity contribution >= 4 is 0 Å². The summed E-state index contributed by atoms with van der Waals surface area (Å²) in [6.45, 7) is 7.18. The van der Waals surface area contributed by atoms with E-state index < -0.39 is 0 Å². The van der Waals surface area contributed by atoms with E-state index in [-0.39, 0.29) is 6.10 Å². The van der Waals surface area contributed by atoms with Crippen LogP contribution in [0.1, 0.15) is 44.3 Å². The molecule has 0 radical (unpaired) electrons. The molecule has 0 spiro atoms. The molecule has 1 aromatic rings. The summed E-state index contributed by atoms with van der Waals surface area (Å²) in [4.78, 5) is 5.18. The Bertz CT molecular complexity index is 487. The Morgan fingerprint density at radius 1 is 1.00 bits per heavy atom. The highest BCUT2D eigenvalue weighted by molar-refractivity contribution is 4.87. The Labute approximate surface area is 138 Å². The minimum Gasteiger partial charge on any atom is -0.376 e. The first-order valence-electron chi connectivity index (χ1n) is 9.21. The number of hydrogen-bond donors (Lipinski definition) is 0. The number of aromatic nitrogens is 4. The number of tetrazole rings is 1. The summed E-state index contributed by atoms with van der Waals surface area (Å²) >= 11 is 0. The standard InChI is InChI=1S/C16H28N6O/c1-2-5-14(4-1)21-9-7-20(8-10-21)13-16-17-18-19-22(16)12-15-6-3-11-23-15/h14-15H,1-13H2/t15-/m1/s1. The molecule has 0 N–H and O–H groups in total. The second-order valence-electron chi connectivity index (χ2n) is 7.16. The predicted octanol–water partition coefficient (Wildman–Crippen LogP) is 0.912. The Hall–Kier alpha value is -1.05. The molecule has 2 aliphatic heterocycles. The maximum absolute atomic E-state index is 5.71. The van der Waals surface area contributed by atoms with Crippen molar-refractivity contribution in [1.82, 2.24) is 30.0 Å². The van der Waals surface area contributed by atoms with Crippen molar-refractivity contribution in [3.05, 3.63) is 5.82 Å². The first-order valence-corrected chi connectivity index (χ1v) is 9.21. The lowest BCUT2D eigenvalue weighted by atomic mass is 10.2. The molecule has 1 aliphatic carbocycles. The lowest BCUT2D eigenvalue weighted by Crippen LogP contribution is -2.49. The molecule has 23 heavy (non-hydrogen) atoms. The summed E-state index contributed by atoms with van der Waals surface area (Å²) in [7, 11) is 0. The number of ether oxygens (including phenoxy) is 1. The fraction of sp³-hybridized carbons (Fsp3) is 0.938. The molecular weight excluding hydrogens is 292 g/mol. The second-order valence-corrected chi connectivity index (χ2v) is 7.16. The minimum absolute atomic E-state index is 0.288. The largest absolute Gasteiger partial charge is 0.376 e. The Morgan fingerprint density at radius 2 is 1.83 bits per heavy atom. The van der Waals surface area contributed by atoms with Crippen LogP contribution in [0.5, 0.6) is 0 Å². The Morgan fingerprint density at radius 3 is 2.57 bits per heavy atom. The average molecular weight is 320 g/mol. The quantitative estimate of drug-likeness (QED) is 0.804. The third-order valence-corrected chi connectivity index (χ3v) is 5.62. The molecule has 3 aliphatic rings. The van der Waals surface area contributed by atoms with Gasteiger partial charge < -0.3 is 4.74 Å². The van der Waals surface area contributed by atoms with Gasteiger partial charge in [-0.25, -0.2) is 4.68 Å². The summed E-state index contributed by atoms with van der Waals surface area (Å²) in [5.74, 6) is 0.981. The highest BCUT2D eigenvalue weighted by atomic mass is 16.5. The molecule has 0 unspecified atom stereocenters. The molecule has 1 atom stereocenters. The summed E-state index contributed by atoms with van der Waals surface area (Å²) in [6.07, 6.45) is 8.21. The number of piperazine rings is 1. The lowest BCUT2D eigenvalue weighted by Gasteiger charge is -2.37. The third-order valence-electron chi connectivity index (χ3n) is 5.62. The Balaban J connectivity index is 1.28. The van der Waals surface area contributed by atoms with Gasteiger partial charge in [-0.05, 0) is 36.1 Å². The molecule has 3 heterocycles. The van der Waals surface area contributed by atoms with E-state index in [9.17, 15) is 0 Å². The zero-order chi connectivity index (χ0) is 15.5. The van der Waals surface area contributed by atoms with Gasteiger partial charge in [0, 0.05) is 38.8 Å². The molecule has 1 aromatic heterocycles. The van der Waals surface area contributed by atoms with E-state index in [1.165, 1.54) is 38.8 Å². The molecule has 0 bridgehead atoms. The lowest BCUT2D eigenvalue weighted by molar-refractivity contribution is 0.0830. The van der Waals surface area contributed by atoms with Gasteiger partial charge >= 0.3 is 0 Å². The van der Waals surface area contributed by atoms with Gasteiger partial charge in [-0.3, -0.25) is 9.80 Å². The third kappa shape index (κ3) is 3.72. The van der Waals surface area contributed by atoms with Gasteiger partial charge in [0.05, 0.1) is 19.2 Å². The van der Waals surface area contributed by atoms with Crippen LogP contribution in [0.25, 0.3) is 0 Å². The maximum atomic E-state index is 5.71. The summed E-state index contributed by atoms with van der Waals surface area (Å²) < 4.78 is 7.65. The summed E-state index contributed by atoms with van der Waals surface area (Å²) in [5, 5.41) is 12.3. The van der Waals surface area contributed by atoms with Crippen molar-refractivity contribution in [1.29, 1.82) is 0 Å². The van der Waals surface area contributed by atoms with E-state index in [1.54, 1.807) is 0 Å². The molecule has 3 fully saturated rings. The van der Waals surface area contributed by atoms with Gasteiger partial charge in [-0.15, -0.1) is 5.10 Å². The SMILES string of the molecule is C1CCC(N2CCN(Cc3nnnn3C[C@H]3CCCO3)CC2)C1. The Kier molecular flexibility index (Phi) is 4.87. The molecule has 4 rings (SSSR count). The highest BCUT2D eigenvalue weighted by Gasteiger charge is 2.27. The minimum atomic E-state index is 0.288. The molecule has 1 saturated carbocycles. The van der Waals surface area contributed by atoms with E-state index >= 15 is 0 Å². The van der Waals surface area contributed by atoms with Crippen LogP contribution in [-0.2, 0) is 17.8 Å². The average Bonchev–Trinajstić information content (AvgIpc) is 3.32. The number of nitrogens with zero attached hydrogens (tertiary/aromatic N) is 6. The number of rotatable bonds is 5. The van der Waals surface area contributed by atoms with Crippen molar-refractivity contribution < 1.29 is 4.74 Å². The topological polar surface area (TPSA) is 59.3 Å². The predicted molar refractivity (Wildman–Crippen MR) is 85.9 cm³/mol. The fourth-order valence-electron chi connectivity index (χ4n) is 4.22. The smallest absolute Gasteiger partial charge is 0.165 e. The zero-order valence-electron chi connectivity index (χ0n) is 13.9. The van der Waals surface area contributed by atoms with Gasteiger partial charge in [0.2, 0.25) is 0 Å². The van der Waals surface area contributed by atoms with E-state index in [2.05, 4.69) is 25.3 Å². The molecule has 7 nitrogen and oxygen atoms in total. The first-order chi connectivity index (χ1) is 11.4. The van der Waals surface area contributed by atoms with Crippen LogP contribution in [0.2, 0.25) is 0 Å². The van der Waals surface area contributed by atoms with Crippen molar-refractivity contribution in [3.63, 3.8) is 0 Å². The molecule has 7 heteroatoms. The zero-order valence-corrected chi connectivity index (χ0v) is 13.9. The van der Waals surface area contributed by atoms with Crippen LogP contribution in [0.3, 0.4) is 0 Å². The van der Waals surface area contributed by atoms with Crippen LogP contribution in [0.15, 0.2) is 0 Å². The fourth-order valence-corrected chi connectivity index (χ4v) is 4.22. The highest BCUT2D eigenvalue weighted by Crippen LogP contribution is 2.24. The monoisotopic (exact) mass is 320 g/mol. The molecule has 0 aromatic carbocycles. The molecule has 0 amide bonds. The maximum Gasteiger partial charge on any atom is 0.165 e. The molecular formula is C16H28N6O. The van der Waals surface area contributed by atoms with Gasteiger partial charge in [-0.1, -0.05) is 12.8 Å². The van der Waals surface area contributed by atoms with Crippen LogP contribution in [0, 0.1) is 0 Å². The van der Waals surface area contributed by atoms with Gasteiger partial charge in [0.1, 0.15) is 0 Å². The van der Waals surface area contributed by atoms with Crippen molar-refractivity contribution in [2.45, 2.75) is 63.8 Å². The van der Waals surface area contributed by atoms with Crippen LogP contribution in [0.4, 0.5) is 0 Å². The van der Waals surface area contributed by atoms with E-state index in [0.29, 0.717) is 0 Å². The summed E-state index contributed by atoms with van der Waals surface area (Å²) in [5.41, 5.74) is 0. The normalized spacial score (nSPS) is 27.9. The van der Waals surface area contributed by atoms with Crippen LogP contribution < -0.4 is 0 Å². The first kappa shape index (κ1) is 15.5. The van der Waals surface area contributed by atoms with Crippen molar-refractivity contribution in [2.24, 2.45) is 0 Å². The molecule has 2 saturated heterocycles. The summed E-state index contributed by atoms with van der Waals surface area (Å²) in [6, 6.07) is 0.849. The van der Waals surface area contributed by atoms with E-state index in [4.69, 9.17) is 4.74 Å². The second kappa shape index (κ2) is 7.23. The van der Waals surface area contributed by atoms with E-state index in [1.807, 2.05) is 4.68 Å². The van der Waals surface area contributed by atoms with Crippen molar-refractivity contribution in [3.8, 4) is 0 Å².